The van der Waals surface area contributed by atoms with Gasteiger partial charge >= 0.3 is 0 Å². The smallest absolute Gasteiger partial charge is 0.138 e. The van der Waals surface area contributed by atoms with Crippen LogP contribution in [-0.2, 0) is 0 Å². The maximum Gasteiger partial charge on any atom is 0.138 e. The Morgan fingerprint density at radius 1 is 1.05 bits per heavy atom. The maximum atomic E-state index is 6.07. The van der Waals surface area contributed by atoms with Gasteiger partial charge in [-0.3, -0.25) is 0 Å². The predicted molar refractivity (Wildman–Crippen MR) is 90.1 cm³/mol. The van der Waals surface area contributed by atoms with Crippen molar-refractivity contribution in [1.82, 2.24) is 5.32 Å². The summed E-state index contributed by atoms with van der Waals surface area (Å²) in [7, 11) is 1.64. The lowest BCUT2D eigenvalue weighted by atomic mass is 9.99. The van der Waals surface area contributed by atoms with Gasteiger partial charge < -0.3 is 10.1 Å². The van der Waals surface area contributed by atoms with Gasteiger partial charge in [0.1, 0.15) is 5.75 Å². The lowest BCUT2D eigenvalue weighted by molar-refractivity contribution is 0.415. The first-order chi connectivity index (χ1) is 10.2. The highest BCUT2D eigenvalue weighted by molar-refractivity contribution is 6.32. The van der Waals surface area contributed by atoms with Gasteiger partial charge in [0.05, 0.1) is 12.1 Å². The number of hydrogen-bond donors (Lipinski definition) is 1. The van der Waals surface area contributed by atoms with Crippen LogP contribution in [0, 0.1) is 0 Å². The van der Waals surface area contributed by atoms with E-state index in [0.29, 0.717) is 16.8 Å². The first kappa shape index (κ1) is 15.9. The Hall–Kier alpha value is -1.51. The normalized spacial score (nSPS) is 12.2. The zero-order chi connectivity index (χ0) is 15.2. The van der Waals surface area contributed by atoms with Crippen LogP contribution in [0.4, 0.5) is 0 Å². The van der Waals surface area contributed by atoms with Crippen molar-refractivity contribution >= 4 is 11.6 Å². The average Bonchev–Trinajstić information content (AvgIpc) is 2.53. The lowest BCUT2D eigenvalue weighted by Crippen LogP contribution is -2.19. The highest BCUT2D eigenvalue weighted by Gasteiger charge is 2.08. The standard InChI is InChI=1S/C18H22ClNO/c1-4-17(20-5-2)14-8-6-13(7-9-14)15-10-11-16(19)18(12-15)21-3/h6-12,17,20H,4-5H2,1-3H3. The topological polar surface area (TPSA) is 21.3 Å². The zero-order valence-electron chi connectivity index (χ0n) is 12.8. The van der Waals surface area contributed by atoms with Gasteiger partial charge in [-0.1, -0.05) is 55.8 Å². The van der Waals surface area contributed by atoms with Crippen LogP contribution in [-0.4, -0.2) is 13.7 Å². The van der Waals surface area contributed by atoms with E-state index in [-0.39, 0.29) is 0 Å². The number of halogens is 1. The van der Waals surface area contributed by atoms with Crippen LogP contribution >= 0.6 is 11.6 Å². The highest BCUT2D eigenvalue weighted by Crippen LogP contribution is 2.31. The molecule has 0 aliphatic rings. The fourth-order valence-electron chi connectivity index (χ4n) is 2.49. The number of rotatable bonds is 6. The molecule has 1 atom stereocenters. The van der Waals surface area contributed by atoms with E-state index >= 15 is 0 Å². The first-order valence-corrected chi connectivity index (χ1v) is 7.74. The van der Waals surface area contributed by atoms with E-state index < -0.39 is 0 Å². The minimum atomic E-state index is 0.420. The molecule has 0 aliphatic carbocycles. The Labute approximate surface area is 132 Å². The SMILES string of the molecule is CCNC(CC)c1ccc(-c2ccc(Cl)c(OC)c2)cc1. The van der Waals surface area contributed by atoms with Crippen molar-refractivity contribution in [2.24, 2.45) is 0 Å². The molecule has 0 heterocycles. The van der Waals surface area contributed by atoms with Crippen molar-refractivity contribution in [1.29, 1.82) is 0 Å². The molecule has 3 heteroatoms. The zero-order valence-corrected chi connectivity index (χ0v) is 13.6. The largest absolute Gasteiger partial charge is 0.495 e. The van der Waals surface area contributed by atoms with Gasteiger partial charge in [-0.05, 0) is 41.8 Å². The summed E-state index contributed by atoms with van der Waals surface area (Å²) in [5.74, 6) is 0.706. The second kappa shape index (κ2) is 7.48. The molecular weight excluding hydrogens is 282 g/mol. The molecule has 2 rings (SSSR count). The fraction of sp³-hybridized carbons (Fsp3) is 0.333. The van der Waals surface area contributed by atoms with Crippen molar-refractivity contribution in [2.75, 3.05) is 13.7 Å². The minimum absolute atomic E-state index is 0.420. The average molecular weight is 304 g/mol. The van der Waals surface area contributed by atoms with Crippen molar-refractivity contribution in [3.63, 3.8) is 0 Å². The van der Waals surface area contributed by atoms with Gasteiger partial charge in [-0.15, -0.1) is 0 Å². The predicted octanol–water partition coefficient (Wildman–Crippen LogP) is 5.08. The Morgan fingerprint density at radius 2 is 1.71 bits per heavy atom. The molecule has 0 saturated carbocycles. The molecule has 0 amide bonds. The molecule has 0 fully saturated rings. The molecule has 0 saturated heterocycles. The van der Waals surface area contributed by atoms with Crippen molar-refractivity contribution in [3.8, 4) is 16.9 Å². The van der Waals surface area contributed by atoms with E-state index in [0.717, 1.165) is 18.5 Å². The van der Waals surface area contributed by atoms with Gasteiger partial charge in [0.2, 0.25) is 0 Å². The molecule has 1 N–H and O–H groups in total. The summed E-state index contributed by atoms with van der Waals surface area (Å²) in [5.41, 5.74) is 3.60. The molecule has 2 aromatic rings. The Kier molecular flexibility index (Phi) is 5.66. The lowest BCUT2D eigenvalue weighted by Gasteiger charge is -2.16. The molecule has 0 bridgehead atoms. The van der Waals surface area contributed by atoms with Crippen molar-refractivity contribution in [3.05, 3.63) is 53.1 Å². The fourth-order valence-corrected chi connectivity index (χ4v) is 2.69. The highest BCUT2D eigenvalue weighted by atomic mass is 35.5. The van der Waals surface area contributed by atoms with Crippen LogP contribution in [0.15, 0.2) is 42.5 Å². The van der Waals surface area contributed by atoms with E-state index in [1.165, 1.54) is 11.1 Å². The summed E-state index contributed by atoms with van der Waals surface area (Å²) < 4.78 is 5.28. The van der Waals surface area contributed by atoms with E-state index in [2.05, 4.69) is 43.4 Å². The van der Waals surface area contributed by atoms with Gasteiger partial charge in [0, 0.05) is 6.04 Å². The maximum absolute atomic E-state index is 6.07. The quantitative estimate of drug-likeness (QED) is 0.804. The molecule has 1 unspecified atom stereocenters. The summed E-state index contributed by atoms with van der Waals surface area (Å²) in [5, 5.41) is 4.13. The second-order valence-corrected chi connectivity index (χ2v) is 5.40. The van der Waals surface area contributed by atoms with Crippen LogP contribution in [0.3, 0.4) is 0 Å². The van der Waals surface area contributed by atoms with Crippen molar-refractivity contribution < 1.29 is 4.74 Å². The minimum Gasteiger partial charge on any atom is -0.495 e. The molecule has 21 heavy (non-hydrogen) atoms. The third-order valence-corrected chi connectivity index (χ3v) is 3.97. The Bertz CT molecular complexity index is 580. The number of ether oxygens (including phenoxy) is 1. The summed E-state index contributed by atoms with van der Waals surface area (Å²) in [6.07, 6.45) is 1.09. The number of hydrogen-bond acceptors (Lipinski definition) is 2. The molecule has 0 aromatic heterocycles. The van der Waals surface area contributed by atoms with E-state index in [1.807, 2.05) is 18.2 Å². The third kappa shape index (κ3) is 3.78. The van der Waals surface area contributed by atoms with Crippen LogP contribution in [0.2, 0.25) is 5.02 Å². The van der Waals surface area contributed by atoms with E-state index in [1.54, 1.807) is 7.11 Å². The summed E-state index contributed by atoms with van der Waals surface area (Å²) in [6.45, 7) is 5.32. The second-order valence-electron chi connectivity index (χ2n) is 4.99. The van der Waals surface area contributed by atoms with Crippen LogP contribution in [0.25, 0.3) is 11.1 Å². The van der Waals surface area contributed by atoms with Crippen LogP contribution in [0.5, 0.6) is 5.75 Å². The number of nitrogens with one attached hydrogen (secondary N) is 1. The molecule has 2 nitrogen and oxygen atoms in total. The number of benzene rings is 2. The number of methoxy groups -OCH3 is 1. The molecule has 0 spiro atoms. The molecule has 0 aliphatic heterocycles. The summed E-state index contributed by atoms with van der Waals surface area (Å²) in [6, 6.07) is 15.0. The van der Waals surface area contributed by atoms with Gasteiger partial charge in [-0.2, -0.15) is 0 Å². The Balaban J connectivity index is 2.26. The van der Waals surface area contributed by atoms with Gasteiger partial charge in [0.25, 0.3) is 0 Å². The van der Waals surface area contributed by atoms with E-state index in [9.17, 15) is 0 Å². The van der Waals surface area contributed by atoms with Gasteiger partial charge in [-0.25, -0.2) is 0 Å². The van der Waals surface area contributed by atoms with Gasteiger partial charge in [0.15, 0.2) is 0 Å². The van der Waals surface area contributed by atoms with Crippen molar-refractivity contribution in [2.45, 2.75) is 26.3 Å². The molecule has 0 radical (unpaired) electrons. The summed E-state index contributed by atoms with van der Waals surface area (Å²) in [4.78, 5) is 0. The van der Waals surface area contributed by atoms with Crippen LogP contribution in [0.1, 0.15) is 31.9 Å². The molecule has 112 valence electrons. The monoisotopic (exact) mass is 303 g/mol. The third-order valence-electron chi connectivity index (χ3n) is 3.66. The first-order valence-electron chi connectivity index (χ1n) is 7.36. The molecule has 2 aromatic carbocycles. The van der Waals surface area contributed by atoms with E-state index in [4.69, 9.17) is 16.3 Å². The Morgan fingerprint density at radius 3 is 2.29 bits per heavy atom. The summed E-state index contributed by atoms with van der Waals surface area (Å²) >= 11 is 6.07. The van der Waals surface area contributed by atoms with Crippen LogP contribution < -0.4 is 10.1 Å². The molecular formula is C18H22ClNO.